The van der Waals surface area contributed by atoms with Crippen molar-refractivity contribution < 1.29 is 0 Å². The van der Waals surface area contributed by atoms with Crippen LogP contribution in [0.3, 0.4) is 0 Å². The number of nitrogens with zero attached hydrogens (tertiary/aromatic N) is 2. The van der Waals surface area contributed by atoms with Crippen molar-refractivity contribution in [2.45, 2.75) is 0 Å². The van der Waals surface area contributed by atoms with Gasteiger partial charge in [0.25, 0.3) is 0 Å². The Bertz CT molecular complexity index is 497. The lowest BCUT2D eigenvalue weighted by Gasteiger charge is -1.98. The van der Waals surface area contributed by atoms with Gasteiger partial charge in [-0.05, 0) is 12.1 Å². The van der Waals surface area contributed by atoms with Gasteiger partial charge in [0.15, 0.2) is 0 Å². The number of aromatic nitrogens is 1. The fraction of sp³-hybridized carbons (Fsp3) is 0. The molecule has 3 nitrogen and oxygen atoms in total. The normalized spacial score (nSPS) is 10.9. The summed E-state index contributed by atoms with van der Waals surface area (Å²) >= 11 is 13.2. The maximum atomic E-state index is 5.97. The molecule has 1 N–H and O–H groups in total. The van der Waals surface area contributed by atoms with Gasteiger partial charge in [-0.2, -0.15) is 5.10 Å². The van der Waals surface area contributed by atoms with Crippen LogP contribution in [0.25, 0.3) is 0 Å². The molecule has 1 heterocycles. The molecule has 0 aliphatic carbocycles. The predicted octanol–water partition coefficient (Wildman–Crippen LogP) is 3.90. The summed E-state index contributed by atoms with van der Waals surface area (Å²) < 4.78 is 0. The lowest BCUT2D eigenvalue weighted by Crippen LogP contribution is -1.90. The van der Waals surface area contributed by atoms with Crippen LogP contribution in [-0.2, 0) is 0 Å². The minimum absolute atomic E-state index is 0.567. The summed E-state index contributed by atoms with van der Waals surface area (Å²) in [7, 11) is 0. The van der Waals surface area contributed by atoms with Crippen LogP contribution < -0.4 is 5.43 Å². The first-order valence-corrected chi connectivity index (χ1v) is 6.03. The zero-order chi connectivity index (χ0) is 11.4. The molecule has 6 heteroatoms. The van der Waals surface area contributed by atoms with Gasteiger partial charge in [-0.1, -0.05) is 29.3 Å². The molecule has 2 rings (SSSR count). The number of nitrogens with one attached hydrogen (secondary N) is 1. The van der Waals surface area contributed by atoms with Crippen LogP contribution in [0.2, 0.25) is 10.0 Å². The molecule has 0 aliphatic heterocycles. The highest BCUT2D eigenvalue weighted by Crippen LogP contribution is 2.19. The van der Waals surface area contributed by atoms with E-state index in [0.29, 0.717) is 10.0 Å². The van der Waals surface area contributed by atoms with E-state index in [2.05, 4.69) is 15.5 Å². The monoisotopic (exact) mass is 271 g/mol. The summed E-state index contributed by atoms with van der Waals surface area (Å²) in [5, 5.41) is 7.80. The van der Waals surface area contributed by atoms with E-state index in [4.69, 9.17) is 23.2 Å². The Kier molecular flexibility index (Phi) is 3.77. The number of halogens is 2. The van der Waals surface area contributed by atoms with Crippen LogP contribution in [0.15, 0.2) is 34.9 Å². The predicted molar refractivity (Wildman–Crippen MR) is 69.8 cm³/mol. The molecular formula is C10H7Cl2N3S. The molecule has 0 saturated carbocycles. The maximum Gasteiger partial charge on any atom is 0.203 e. The molecule has 1 aromatic carbocycles. The molecule has 0 fully saturated rings. The van der Waals surface area contributed by atoms with Crippen molar-refractivity contribution in [1.29, 1.82) is 0 Å². The molecule has 0 saturated heterocycles. The summed E-state index contributed by atoms with van der Waals surface area (Å²) in [6, 6.07) is 5.24. The van der Waals surface area contributed by atoms with E-state index in [-0.39, 0.29) is 0 Å². The van der Waals surface area contributed by atoms with Crippen LogP contribution in [0.5, 0.6) is 0 Å². The Morgan fingerprint density at radius 3 is 2.94 bits per heavy atom. The molecule has 1 aromatic heterocycles. The van der Waals surface area contributed by atoms with Gasteiger partial charge in [0.05, 0.1) is 11.2 Å². The first-order chi connectivity index (χ1) is 7.75. The van der Waals surface area contributed by atoms with Crippen LogP contribution in [0.4, 0.5) is 5.13 Å². The number of benzene rings is 1. The number of hydrazone groups is 1. The second kappa shape index (κ2) is 5.30. The fourth-order valence-electron chi connectivity index (χ4n) is 1.04. The molecule has 0 unspecified atom stereocenters. The first kappa shape index (κ1) is 11.4. The molecule has 82 valence electrons. The largest absolute Gasteiger partial charge is 0.253 e. The Hall–Kier alpha value is -1.10. The van der Waals surface area contributed by atoms with Gasteiger partial charge >= 0.3 is 0 Å². The Balaban J connectivity index is 2.06. The minimum Gasteiger partial charge on any atom is -0.253 e. The van der Waals surface area contributed by atoms with Gasteiger partial charge in [-0.25, -0.2) is 4.98 Å². The highest BCUT2D eigenvalue weighted by atomic mass is 35.5. The Morgan fingerprint density at radius 1 is 1.38 bits per heavy atom. The molecule has 0 radical (unpaired) electrons. The lowest BCUT2D eigenvalue weighted by molar-refractivity contribution is 1.29. The van der Waals surface area contributed by atoms with Crippen LogP contribution >= 0.6 is 34.5 Å². The Morgan fingerprint density at radius 2 is 2.25 bits per heavy atom. The van der Waals surface area contributed by atoms with Crippen molar-refractivity contribution in [3.8, 4) is 0 Å². The summed E-state index contributed by atoms with van der Waals surface area (Å²) in [5.41, 5.74) is 3.60. The highest BCUT2D eigenvalue weighted by Gasteiger charge is 1.98. The zero-order valence-electron chi connectivity index (χ0n) is 8.02. The number of thiazole rings is 1. The molecule has 0 atom stereocenters. The van der Waals surface area contributed by atoms with E-state index < -0.39 is 0 Å². The standard InChI is InChI=1S/C10H7Cl2N3S/c11-8-2-1-7(9(12)5-8)6-14-15-10-13-3-4-16-10/h1-6H,(H,13,15)/b14-6-. The van der Waals surface area contributed by atoms with Gasteiger partial charge in [0.1, 0.15) is 0 Å². The first-order valence-electron chi connectivity index (χ1n) is 4.39. The SMILES string of the molecule is Clc1ccc(/C=N\Nc2nccs2)c(Cl)c1. The average molecular weight is 272 g/mol. The maximum absolute atomic E-state index is 5.97. The fourth-order valence-corrected chi connectivity index (χ4v) is 1.98. The van der Waals surface area contributed by atoms with Gasteiger partial charge in [0, 0.05) is 22.2 Å². The average Bonchev–Trinajstić information content (AvgIpc) is 2.74. The van der Waals surface area contributed by atoms with Gasteiger partial charge in [-0.3, -0.25) is 5.43 Å². The third kappa shape index (κ3) is 2.95. The molecule has 16 heavy (non-hydrogen) atoms. The Labute approximate surface area is 107 Å². The smallest absolute Gasteiger partial charge is 0.203 e. The van der Waals surface area contributed by atoms with Crippen molar-refractivity contribution >= 4 is 45.9 Å². The lowest BCUT2D eigenvalue weighted by atomic mass is 10.2. The van der Waals surface area contributed by atoms with E-state index in [1.807, 2.05) is 5.38 Å². The molecule has 0 aliphatic rings. The van der Waals surface area contributed by atoms with Crippen LogP contribution in [0.1, 0.15) is 5.56 Å². The van der Waals surface area contributed by atoms with Crippen molar-refractivity contribution in [1.82, 2.24) is 4.98 Å². The van der Waals surface area contributed by atoms with E-state index in [9.17, 15) is 0 Å². The second-order valence-corrected chi connectivity index (χ2v) is 4.61. The van der Waals surface area contributed by atoms with Crippen molar-refractivity contribution in [2.24, 2.45) is 5.10 Å². The molecule has 2 aromatic rings. The van der Waals surface area contributed by atoms with E-state index in [1.165, 1.54) is 11.3 Å². The van der Waals surface area contributed by atoms with Crippen molar-refractivity contribution in [3.63, 3.8) is 0 Å². The number of hydrogen-bond acceptors (Lipinski definition) is 4. The highest BCUT2D eigenvalue weighted by molar-refractivity contribution is 7.13. The summed E-state index contributed by atoms with van der Waals surface area (Å²) in [5.74, 6) is 0. The second-order valence-electron chi connectivity index (χ2n) is 2.87. The topological polar surface area (TPSA) is 37.3 Å². The molecule has 0 spiro atoms. The summed E-state index contributed by atoms with van der Waals surface area (Å²) in [4.78, 5) is 4.02. The molecule has 0 bridgehead atoms. The number of anilines is 1. The summed E-state index contributed by atoms with van der Waals surface area (Å²) in [6.45, 7) is 0. The van der Waals surface area contributed by atoms with Gasteiger partial charge in [-0.15, -0.1) is 11.3 Å². The van der Waals surface area contributed by atoms with Gasteiger partial charge in [0.2, 0.25) is 5.13 Å². The molecular weight excluding hydrogens is 265 g/mol. The number of rotatable bonds is 3. The quantitative estimate of drug-likeness (QED) is 0.679. The molecule has 0 amide bonds. The van der Waals surface area contributed by atoms with Crippen molar-refractivity contribution in [2.75, 3.05) is 5.43 Å². The van der Waals surface area contributed by atoms with Crippen LogP contribution in [-0.4, -0.2) is 11.2 Å². The number of hydrogen-bond donors (Lipinski definition) is 1. The van der Waals surface area contributed by atoms with E-state index >= 15 is 0 Å². The third-order valence-corrected chi connectivity index (χ3v) is 3.00. The zero-order valence-corrected chi connectivity index (χ0v) is 10.4. The van der Waals surface area contributed by atoms with E-state index in [1.54, 1.807) is 30.6 Å². The van der Waals surface area contributed by atoms with Gasteiger partial charge < -0.3 is 0 Å². The summed E-state index contributed by atoms with van der Waals surface area (Å²) in [6.07, 6.45) is 3.33. The third-order valence-electron chi connectivity index (χ3n) is 1.76. The van der Waals surface area contributed by atoms with E-state index in [0.717, 1.165) is 10.7 Å². The van der Waals surface area contributed by atoms with Crippen molar-refractivity contribution in [3.05, 3.63) is 45.4 Å². The van der Waals surface area contributed by atoms with Crippen LogP contribution in [0, 0.1) is 0 Å². The minimum atomic E-state index is 0.567.